The Morgan fingerprint density at radius 2 is 1.07 bits per heavy atom. The molecule has 11 rings (SSSR count). The Kier molecular flexibility index (Phi) is 7.00. The number of thiophene rings is 1. The molecule has 0 aliphatic carbocycles. The van der Waals surface area contributed by atoms with Crippen LogP contribution in [-0.2, 0) is 0 Å². The van der Waals surface area contributed by atoms with Gasteiger partial charge in [-0.3, -0.25) is 0 Å². The van der Waals surface area contributed by atoms with Crippen molar-refractivity contribution in [3.63, 3.8) is 0 Å². The van der Waals surface area contributed by atoms with Crippen molar-refractivity contribution in [3.05, 3.63) is 182 Å². The van der Waals surface area contributed by atoms with Gasteiger partial charge in [0.25, 0.3) is 0 Å². The van der Waals surface area contributed by atoms with Gasteiger partial charge in [0.05, 0.1) is 10.4 Å². The van der Waals surface area contributed by atoms with Crippen LogP contribution < -0.4 is 4.90 Å². The summed E-state index contributed by atoms with van der Waals surface area (Å²) >= 11 is 1.79. The third-order valence-electron chi connectivity index (χ3n) is 10.3. The van der Waals surface area contributed by atoms with Crippen molar-refractivity contribution in [2.24, 2.45) is 0 Å². The molecular weight excluding hydrogens is 681 g/mol. The molecule has 0 aliphatic rings. The Morgan fingerprint density at radius 3 is 1.83 bits per heavy atom. The summed E-state index contributed by atoms with van der Waals surface area (Å²) in [6.45, 7) is 0. The van der Waals surface area contributed by atoms with E-state index >= 15 is 0 Å². The van der Waals surface area contributed by atoms with Crippen LogP contribution in [0, 0.1) is 0 Å². The van der Waals surface area contributed by atoms with E-state index in [9.17, 15) is 0 Å². The molecule has 0 amide bonds. The lowest BCUT2D eigenvalue weighted by Crippen LogP contribution is -2.10. The zero-order valence-electron chi connectivity index (χ0n) is 28.9. The summed E-state index contributed by atoms with van der Waals surface area (Å²) in [4.78, 5) is 7.47. The Morgan fingerprint density at radius 1 is 0.463 bits per heavy atom. The summed E-state index contributed by atoms with van der Waals surface area (Å²) in [5, 5.41) is 4.52. The maximum atomic E-state index is 6.62. The summed E-state index contributed by atoms with van der Waals surface area (Å²) in [7, 11) is 0. The zero-order valence-corrected chi connectivity index (χ0v) is 29.8. The SMILES string of the molecule is c1ccc(-c2ccc(N(c3ccc(-c4cccc5c4oc4ccccc45)cc3)c3cc4oc(-c5ccccc5)nc4c4c3sc3ccccc34)cc2)cc1. The molecule has 0 radical (unpaired) electrons. The molecule has 0 fully saturated rings. The van der Waals surface area contributed by atoms with E-state index in [0.29, 0.717) is 5.89 Å². The highest BCUT2D eigenvalue weighted by atomic mass is 32.1. The topological polar surface area (TPSA) is 42.4 Å². The molecule has 8 aromatic carbocycles. The van der Waals surface area contributed by atoms with Crippen LogP contribution >= 0.6 is 11.3 Å². The largest absolute Gasteiger partial charge is 0.455 e. The van der Waals surface area contributed by atoms with Gasteiger partial charge in [-0.05, 0) is 65.2 Å². The van der Waals surface area contributed by atoms with Crippen LogP contribution in [0.5, 0.6) is 0 Å². The molecule has 5 heteroatoms. The summed E-state index contributed by atoms with van der Waals surface area (Å²) < 4.78 is 15.4. The van der Waals surface area contributed by atoms with Gasteiger partial charge in [0.2, 0.25) is 5.89 Å². The minimum absolute atomic E-state index is 0.613. The number of furan rings is 1. The van der Waals surface area contributed by atoms with Crippen LogP contribution in [0.2, 0.25) is 0 Å². The number of rotatable bonds is 6. The third-order valence-corrected chi connectivity index (χ3v) is 11.5. The normalized spacial score (nSPS) is 11.7. The van der Waals surface area contributed by atoms with Gasteiger partial charge in [-0.15, -0.1) is 11.3 Å². The number of hydrogen-bond donors (Lipinski definition) is 0. The van der Waals surface area contributed by atoms with E-state index in [1.54, 1.807) is 11.3 Å². The fraction of sp³-hybridized carbons (Fsp3) is 0. The lowest BCUT2D eigenvalue weighted by atomic mass is 10.0. The van der Waals surface area contributed by atoms with Gasteiger partial charge in [0.15, 0.2) is 5.58 Å². The van der Waals surface area contributed by atoms with E-state index in [1.165, 1.54) is 21.2 Å². The molecule has 54 heavy (non-hydrogen) atoms. The number of aromatic nitrogens is 1. The first kappa shape index (κ1) is 30.7. The first-order valence-electron chi connectivity index (χ1n) is 18.0. The van der Waals surface area contributed by atoms with Gasteiger partial charge < -0.3 is 13.7 Å². The smallest absolute Gasteiger partial charge is 0.227 e. The summed E-state index contributed by atoms with van der Waals surface area (Å²) in [6, 6.07) is 63.7. The van der Waals surface area contributed by atoms with Gasteiger partial charge in [-0.2, -0.15) is 0 Å². The van der Waals surface area contributed by atoms with Crippen LogP contribution in [0.4, 0.5) is 17.1 Å². The average Bonchev–Trinajstić information content (AvgIpc) is 3.96. The molecule has 0 spiro atoms. The highest BCUT2D eigenvalue weighted by Crippen LogP contribution is 2.49. The van der Waals surface area contributed by atoms with Crippen molar-refractivity contribution < 1.29 is 8.83 Å². The Balaban J connectivity index is 1.12. The summed E-state index contributed by atoms with van der Waals surface area (Å²) in [5.74, 6) is 0.613. The number of hydrogen-bond acceptors (Lipinski definition) is 5. The molecule has 0 unspecified atom stereocenters. The second-order valence-corrected chi connectivity index (χ2v) is 14.6. The fourth-order valence-corrected chi connectivity index (χ4v) is 8.97. The van der Waals surface area contributed by atoms with Gasteiger partial charge in [-0.25, -0.2) is 4.98 Å². The lowest BCUT2D eigenvalue weighted by molar-refractivity contribution is 0.620. The molecule has 3 heterocycles. The third kappa shape index (κ3) is 4.94. The van der Waals surface area contributed by atoms with Gasteiger partial charge in [0, 0.05) is 54.8 Å². The van der Waals surface area contributed by atoms with Crippen LogP contribution in [0.1, 0.15) is 0 Å². The Labute approximate surface area is 314 Å². The zero-order chi connectivity index (χ0) is 35.6. The molecule has 254 valence electrons. The molecule has 0 bridgehead atoms. The molecule has 0 aliphatic heterocycles. The molecule has 0 saturated carbocycles. The number of oxazole rings is 1. The van der Waals surface area contributed by atoms with Gasteiger partial charge in [-0.1, -0.05) is 127 Å². The first-order valence-corrected chi connectivity index (χ1v) is 18.8. The quantitative estimate of drug-likeness (QED) is 0.172. The van der Waals surface area contributed by atoms with Crippen molar-refractivity contribution in [2.45, 2.75) is 0 Å². The molecule has 11 aromatic rings. The predicted octanol–water partition coefficient (Wildman–Crippen LogP) is 14.6. The van der Waals surface area contributed by atoms with E-state index in [2.05, 4.69) is 144 Å². The van der Waals surface area contributed by atoms with E-state index in [1.807, 2.05) is 42.5 Å². The van der Waals surface area contributed by atoms with E-state index in [-0.39, 0.29) is 0 Å². The number of fused-ring (bicyclic) bond motifs is 8. The van der Waals surface area contributed by atoms with Crippen LogP contribution in [0.25, 0.3) is 86.9 Å². The maximum Gasteiger partial charge on any atom is 0.227 e. The lowest BCUT2D eigenvalue weighted by Gasteiger charge is -2.26. The molecule has 0 atom stereocenters. The number of anilines is 3. The Bertz CT molecular complexity index is 3140. The van der Waals surface area contributed by atoms with E-state index in [4.69, 9.17) is 13.8 Å². The van der Waals surface area contributed by atoms with E-state index < -0.39 is 0 Å². The fourth-order valence-electron chi connectivity index (χ4n) is 7.76. The molecule has 4 nitrogen and oxygen atoms in total. The predicted molar refractivity (Wildman–Crippen MR) is 225 cm³/mol. The van der Waals surface area contributed by atoms with Crippen LogP contribution in [-0.4, -0.2) is 4.98 Å². The molecular formula is C49H30N2O2S. The van der Waals surface area contributed by atoms with Crippen molar-refractivity contribution >= 4 is 81.6 Å². The van der Waals surface area contributed by atoms with Crippen LogP contribution in [0.15, 0.2) is 191 Å². The van der Waals surface area contributed by atoms with Crippen molar-refractivity contribution in [3.8, 4) is 33.7 Å². The molecule has 0 saturated heterocycles. The summed E-state index contributed by atoms with van der Waals surface area (Å²) in [6.07, 6.45) is 0. The molecule has 0 N–H and O–H groups in total. The standard InChI is InChI=1S/C49H30N2O2S/c1-3-12-31(13-4-1)32-22-26-35(27-23-32)51(36-28-24-33(25-29-36)37-18-11-19-39-38-16-7-9-20-42(38)52-47(37)39)41-30-43-46(50-49(53-43)34-14-5-2-6-15-34)45-40-17-8-10-21-44(40)54-48(41)45/h1-30H. The van der Waals surface area contributed by atoms with Crippen LogP contribution in [0.3, 0.4) is 0 Å². The second kappa shape index (κ2) is 12.3. The number of benzene rings is 8. The minimum Gasteiger partial charge on any atom is -0.455 e. The average molecular weight is 711 g/mol. The Hall–Kier alpha value is -6.95. The highest BCUT2D eigenvalue weighted by molar-refractivity contribution is 7.26. The summed E-state index contributed by atoms with van der Waals surface area (Å²) in [5.41, 5.74) is 12.0. The monoisotopic (exact) mass is 710 g/mol. The van der Waals surface area contributed by atoms with E-state index in [0.717, 1.165) is 76.9 Å². The first-order chi connectivity index (χ1) is 26.8. The van der Waals surface area contributed by atoms with Gasteiger partial charge >= 0.3 is 0 Å². The van der Waals surface area contributed by atoms with Gasteiger partial charge in [0.1, 0.15) is 16.7 Å². The molecule has 3 aromatic heterocycles. The second-order valence-electron chi connectivity index (χ2n) is 13.5. The van der Waals surface area contributed by atoms with Crippen molar-refractivity contribution in [2.75, 3.05) is 4.90 Å². The maximum absolute atomic E-state index is 6.62. The minimum atomic E-state index is 0.613. The number of para-hydroxylation sites is 2. The number of nitrogens with zero attached hydrogens (tertiary/aromatic N) is 2. The van der Waals surface area contributed by atoms with Crippen molar-refractivity contribution in [1.29, 1.82) is 0 Å². The highest BCUT2D eigenvalue weighted by Gasteiger charge is 2.24. The van der Waals surface area contributed by atoms with Crippen molar-refractivity contribution in [1.82, 2.24) is 4.98 Å².